The van der Waals surface area contributed by atoms with Crippen LogP contribution in [0.1, 0.15) is 32.3 Å². The van der Waals surface area contributed by atoms with Gasteiger partial charge in [-0.2, -0.15) is 0 Å². The topological polar surface area (TPSA) is 98.4 Å². The number of benzene rings is 2. The van der Waals surface area contributed by atoms with Crippen LogP contribution in [-0.2, 0) is 11.3 Å². The molecule has 0 unspecified atom stereocenters. The molecule has 4 aromatic rings. The third-order valence-electron chi connectivity index (χ3n) is 8.16. The molecule has 9 nitrogen and oxygen atoms in total. The quantitative estimate of drug-likeness (QED) is 0.212. The molecule has 0 radical (unpaired) electrons. The van der Waals surface area contributed by atoms with Crippen LogP contribution in [0.25, 0.3) is 22.6 Å². The number of piperidine rings is 1. The fraction of sp³-hybridized carbons (Fsp3) is 0.406. The fourth-order valence-corrected chi connectivity index (χ4v) is 5.08. The van der Waals surface area contributed by atoms with Gasteiger partial charge in [0.05, 0.1) is 16.9 Å². The molecule has 3 N–H and O–H groups in total. The second-order valence-corrected chi connectivity index (χ2v) is 12.3. The summed E-state index contributed by atoms with van der Waals surface area (Å²) in [5, 5.41) is 7.09. The number of hydrogen-bond donors (Lipinski definition) is 3. The Hall–Kier alpha value is -3.73. The van der Waals surface area contributed by atoms with E-state index in [2.05, 4.69) is 44.2 Å². The van der Waals surface area contributed by atoms with Gasteiger partial charge in [0.15, 0.2) is 12.3 Å². The first-order valence-electron chi connectivity index (χ1n) is 14.5. The lowest BCUT2D eigenvalue weighted by atomic mass is 10.0. The molecule has 0 spiro atoms. The summed E-state index contributed by atoms with van der Waals surface area (Å²) < 4.78 is 18.9. The van der Waals surface area contributed by atoms with Gasteiger partial charge in [-0.1, -0.05) is 23.7 Å². The Kier molecular flexibility index (Phi) is 9.49. The maximum absolute atomic E-state index is 13.2. The minimum atomic E-state index is -0.211. The largest absolute Gasteiger partial charge is 0.484 e. The van der Waals surface area contributed by atoms with E-state index in [0.717, 1.165) is 54.8 Å². The van der Waals surface area contributed by atoms with Crippen molar-refractivity contribution in [1.82, 2.24) is 30.1 Å². The SMILES string of the molecule is CN(C)C(C)(C)CNC(=O)COc1ccc(-c2nc3ncc(Cl)c(NC4CCN(Cc5ccc(F)cc5)CC4)c3[nH]2)cc1. The number of rotatable bonds is 11. The molecule has 1 aliphatic heterocycles. The minimum absolute atomic E-state index is 0.0594. The molecule has 43 heavy (non-hydrogen) atoms. The second-order valence-electron chi connectivity index (χ2n) is 11.9. The molecule has 11 heteroatoms. The van der Waals surface area contributed by atoms with Crippen LogP contribution in [0.3, 0.4) is 0 Å². The number of likely N-dealkylation sites (tertiary alicyclic amines) is 1. The lowest BCUT2D eigenvalue weighted by Crippen LogP contribution is -2.48. The molecule has 1 amide bonds. The highest BCUT2D eigenvalue weighted by Crippen LogP contribution is 2.32. The predicted molar refractivity (Wildman–Crippen MR) is 169 cm³/mol. The molecule has 228 valence electrons. The van der Waals surface area contributed by atoms with Gasteiger partial charge in [0, 0.05) is 43.3 Å². The van der Waals surface area contributed by atoms with Crippen molar-refractivity contribution >= 4 is 34.4 Å². The van der Waals surface area contributed by atoms with E-state index in [4.69, 9.17) is 21.3 Å². The average Bonchev–Trinajstić information content (AvgIpc) is 3.43. The number of anilines is 1. The van der Waals surface area contributed by atoms with E-state index in [1.807, 2.05) is 50.5 Å². The van der Waals surface area contributed by atoms with Crippen LogP contribution in [0.5, 0.6) is 5.75 Å². The van der Waals surface area contributed by atoms with Crippen LogP contribution in [0.4, 0.5) is 10.1 Å². The van der Waals surface area contributed by atoms with Crippen molar-refractivity contribution in [2.45, 2.75) is 44.8 Å². The first kappa shape index (κ1) is 30.7. The molecular formula is C32H39ClFN7O2. The number of fused-ring (bicyclic) bond motifs is 1. The number of amides is 1. The summed E-state index contributed by atoms with van der Waals surface area (Å²) in [7, 11) is 3.97. The lowest BCUT2D eigenvalue weighted by Gasteiger charge is -2.33. The zero-order valence-corrected chi connectivity index (χ0v) is 25.8. The third kappa shape index (κ3) is 7.81. The number of pyridine rings is 1. The Bertz CT molecular complexity index is 1530. The van der Waals surface area contributed by atoms with E-state index >= 15 is 0 Å². The van der Waals surface area contributed by atoms with Crippen LogP contribution in [0, 0.1) is 5.82 Å². The fourth-order valence-electron chi connectivity index (χ4n) is 4.88. The molecule has 5 rings (SSSR count). The Labute approximate surface area is 256 Å². The van der Waals surface area contributed by atoms with Crippen molar-refractivity contribution in [3.63, 3.8) is 0 Å². The molecule has 0 bridgehead atoms. The highest BCUT2D eigenvalue weighted by molar-refractivity contribution is 6.34. The minimum Gasteiger partial charge on any atom is -0.484 e. The number of aromatic nitrogens is 3. The Morgan fingerprint density at radius 3 is 2.51 bits per heavy atom. The molecule has 0 saturated carbocycles. The Balaban J connectivity index is 1.18. The summed E-state index contributed by atoms with van der Waals surface area (Å²) in [4.78, 5) is 29.2. The first-order valence-corrected chi connectivity index (χ1v) is 14.9. The van der Waals surface area contributed by atoms with E-state index in [-0.39, 0.29) is 29.9 Å². The number of halogens is 2. The summed E-state index contributed by atoms with van der Waals surface area (Å²) in [6.07, 6.45) is 3.53. The summed E-state index contributed by atoms with van der Waals surface area (Å²) in [6.45, 7) is 7.27. The number of likely N-dealkylation sites (N-methyl/N-ethyl adjacent to an activating group) is 1. The van der Waals surface area contributed by atoms with Gasteiger partial charge in [-0.25, -0.2) is 14.4 Å². The molecule has 0 atom stereocenters. The van der Waals surface area contributed by atoms with E-state index in [0.29, 0.717) is 28.8 Å². The monoisotopic (exact) mass is 607 g/mol. The molecule has 3 heterocycles. The number of carbonyl (C=O) groups is 1. The maximum atomic E-state index is 13.2. The van der Waals surface area contributed by atoms with Crippen molar-refractivity contribution in [3.05, 3.63) is 71.1 Å². The zero-order valence-electron chi connectivity index (χ0n) is 25.1. The smallest absolute Gasteiger partial charge is 0.258 e. The number of ether oxygens (including phenoxy) is 1. The van der Waals surface area contributed by atoms with Crippen LogP contribution in [0.15, 0.2) is 54.7 Å². The third-order valence-corrected chi connectivity index (χ3v) is 8.44. The van der Waals surface area contributed by atoms with E-state index in [9.17, 15) is 9.18 Å². The van der Waals surface area contributed by atoms with Gasteiger partial charge in [-0.3, -0.25) is 9.69 Å². The second kappa shape index (κ2) is 13.3. The van der Waals surface area contributed by atoms with Crippen molar-refractivity contribution in [2.24, 2.45) is 0 Å². The van der Waals surface area contributed by atoms with Crippen LogP contribution in [0.2, 0.25) is 5.02 Å². The Morgan fingerprint density at radius 2 is 1.84 bits per heavy atom. The number of imidazole rings is 1. The van der Waals surface area contributed by atoms with Crippen molar-refractivity contribution in [2.75, 3.05) is 45.7 Å². The number of nitrogens with one attached hydrogen (secondary N) is 3. The number of aromatic amines is 1. The van der Waals surface area contributed by atoms with Crippen LogP contribution in [-0.4, -0.2) is 82.6 Å². The van der Waals surface area contributed by atoms with Gasteiger partial charge in [0.1, 0.15) is 22.9 Å². The Morgan fingerprint density at radius 1 is 1.14 bits per heavy atom. The van der Waals surface area contributed by atoms with E-state index in [1.54, 1.807) is 6.20 Å². The van der Waals surface area contributed by atoms with Gasteiger partial charge < -0.3 is 25.3 Å². The normalized spacial score (nSPS) is 14.8. The van der Waals surface area contributed by atoms with Gasteiger partial charge in [-0.15, -0.1) is 0 Å². The molecule has 2 aromatic heterocycles. The molecule has 1 aliphatic rings. The van der Waals surface area contributed by atoms with Crippen molar-refractivity contribution < 1.29 is 13.9 Å². The zero-order chi connectivity index (χ0) is 30.6. The van der Waals surface area contributed by atoms with E-state index < -0.39 is 0 Å². The highest BCUT2D eigenvalue weighted by atomic mass is 35.5. The van der Waals surface area contributed by atoms with Gasteiger partial charge >= 0.3 is 0 Å². The molecule has 1 fully saturated rings. The van der Waals surface area contributed by atoms with Gasteiger partial charge in [0.25, 0.3) is 5.91 Å². The first-order chi connectivity index (χ1) is 20.6. The number of carbonyl (C=O) groups excluding carboxylic acids is 1. The van der Waals surface area contributed by atoms with Crippen LogP contribution >= 0.6 is 11.6 Å². The van der Waals surface area contributed by atoms with Crippen molar-refractivity contribution in [1.29, 1.82) is 0 Å². The summed E-state index contributed by atoms with van der Waals surface area (Å²) >= 11 is 6.60. The van der Waals surface area contributed by atoms with Crippen LogP contribution < -0.4 is 15.4 Å². The summed E-state index contributed by atoms with van der Waals surface area (Å²) in [5.74, 6) is 0.878. The molecular weight excluding hydrogens is 569 g/mol. The summed E-state index contributed by atoms with van der Waals surface area (Å²) in [6, 6.07) is 14.4. The number of nitrogens with zero attached hydrogens (tertiary/aromatic N) is 4. The molecule has 1 saturated heterocycles. The van der Waals surface area contributed by atoms with Gasteiger partial charge in [-0.05, 0) is 82.7 Å². The molecule has 2 aromatic carbocycles. The number of H-pyrrole nitrogens is 1. The van der Waals surface area contributed by atoms with Crippen molar-refractivity contribution in [3.8, 4) is 17.1 Å². The lowest BCUT2D eigenvalue weighted by molar-refractivity contribution is -0.123. The predicted octanol–water partition coefficient (Wildman–Crippen LogP) is 5.33. The standard InChI is InChI=1S/C32H39ClFN7O2/c1-32(2,40(3)4)20-36-27(42)19-43-25-11-7-22(8-12-25)30-38-29-28(26(33)17-35-31(29)39-30)37-24-13-15-41(16-14-24)18-21-5-9-23(34)10-6-21/h5-12,17,24H,13-16,18-20H2,1-4H3,(H,36,42)(H2,35,37,38,39). The average molecular weight is 608 g/mol. The van der Waals surface area contributed by atoms with E-state index in [1.165, 1.54) is 12.1 Å². The maximum Gasteiger partial charge on any atom is 0.258 e. The number of hydrogen-bond acceptors (Lipinski definition) is 7. The molecule has 0 aliphatic carbocycles. The summed E-state index contributed by atoms with van der Waals surface area (Å²) in [5.41, 5.74) is 3.95. The highest BCUT2D eigenvalue weighted by Gasteiger charge is 2.23. The van der Waals surface area contributed by atoms with Gasteiger partial charge in [0.2, 0.25) is 0 Å².